The smallest absolute Gasteiger partial charge is 0.316 e. The molecule has 1 rings (SSSR count). The van der Waals surface area contributed by atoms with Gasteiger partial charge >= 0.3 is 5.97 Å². The Balaban J connectivity index is 2.79. The van der Waals surface area contributed by atoms with Crippen LogP contribution in [-0.2, 0) is 23.4 Å². The molecule has 1 heterocycles. The number of carbonyl (C=O) groups is 2. The predicted octanol–water partition coefficient (Wildman–Crippen LogP) is 0.673. The third-order valence-electron chi connectivity index (χ3n) is 2.37. The Labute approximate surface area is 82.2 Å². The van der Waals surface area contributed by atoms with Crippen LogP contribution in [0.25, 0.3) is 0 Å². The van der Waals surface area contributed by atoms with E-state index in [1.165, 1.54) is 14.2 Å². The molecule has 1 saturated heterocycles. The first-order valence-corrected chi connectivity index (χ1v) is 6.26. The summed E-state index contributed by atoms with van der Waals surface area (Å²) in [5.41, 5.74) is 0. The van der Waals surface area contributed by atoms with E-state index in [0.29, 0.717) is 0 Å². The quantitative estimate of drug-likeness (QED) is 0.388. The molecule has 1 fully saturated rings. The summed E-state index contributed by atoms with van der Waals surface area (Å²) >= 11 is 0. The summed E-state index contributed by atoms with van der Waals surface area (Å²) in [5.74, 6) is -1.73. The lowest BCUT2D eigenvalue weighted by molar-refractivity contribution is -0.148. The van der Waals surface area contributed by atoms with Crippen LogP contribution in [0.1, 0.15) is 6.42 Å². The van der Waals surface area contributed by atoms with E-state index < -0.39 is 19.3 Å². The molecule has 0 N–H and O–H groups in total. The fraction of sp³-hybridized carbons (Fsp3) is 0.750. The van der Waals surface area contributed by atoms with Crippen molar-refractivity contribution in [3.63, 3.8) is 0 Å². The molecule has 1 aliphatic heterocycles. The van der Waals surface area contributed by atoms with Crippen molar-refractivity contribution in [3.8, 4) is 0 Å². The Morgan fingerprint density at radius 2 is 2.14 bits per heavy atom. The van der Waals surface area contributed by atoms with Crippen LogP contribution >= 0.6 is 7.37 Å². The van der Waals surface area contributed by atoms with Gasteiger partial charge in [-0.1, -0.05) is 0 Å². The molecule has 14 heavy (non-hydrogen) atoms. The summed E-state index contributed by atoms with van der Waals surface area (Å²) < 4.78 is 21.1. The third-order valence-corrected chi connectivity index (χ3v) is 4.86. The monoisotopic (exact) mass is 220 g/mol. The van der Waals surface area contributed by atoms with Crippen LogP contribution in [0, 0.1) is 5.92 Å². The van der Waals surface area contributed by atoms with Crippen molar-refractivity contribution in [1.82, 2.24) is 0 Å². The number of ketones is 1. The highest BCUT2D eigenvalue weighted by Crippen LogP contribution is 2.51. The van der Waals surface area contributed by atoms with Crippen LogP contribution in [0.2, 0.25) is 0 Å². The van der Waals surface area contributed by atoms with Crippen molar-refractivity contribution in [2.75, 3.05) is 26.5 Å². The standard InChI is InChI=1S/C8H13O5P/c1-12-8(10)6-5-14(11,13-2)4-3-7(6)9/h6H,3-5H2,1-2H3/t6-,14+/m0/s1. The van der Waals surface area contributed by atoms with Crippen molar-refractivity contribution in [3.05, 3.63) is 0 Å². The SMILES string of the molecule is COC(=O)[C@H]1C[P@](=O)(OC)CCC1=O. The van der Waals surface area contributed by atoms with Crippen LogP contribution in [0.3, 0.4) is 0 Å². The minimum atomic E-state index is -2.78. The van der Waals surface area contributed by atoms with Gasteiger partial charge in [-0.3, -0.25) is 14.2 Å². The van der Waals surface area contributed by atoms with Crippen LogP contribution in [-0.4, -0.2) is 38.3 Å². The minimum Gasteiger partial charge on any atom is -0.468 e. The molecule has 0 aromatic rings. The molecule has 0 amide bonds. The molecule has 5 nitrogen and oxygen atoms in total. The van der Waals surface area contributed by atoms with Gasteiger partial charge in [0.05, 0.1) is 7.11 Å². The van der Waals surface area contributed by atoms with E-state index >= 15 is 0 Å². The van der Waals surface area contributed by atoms with Gasteiger partial charge in [0.15, 0.2) is 0 Å². The van der Waals surface area contributed by atoms with Gasteiger partial charge in [-0.05, 0) is 0 Å². The van der Waals surface area contributed by atoms with Gasteiger partial charge in [-0.25, -0.2) is 0 Å². The van der Waals surface area contributed by atoms with Crippen molar-refractivity contribution in [2.45, 2.75) is 6.42 Å². The molecule has 0 aromatic carbocycles. The van der Waals surface area contributed by atoms with Gasteiger partial charge in [0, 0.05) is 25.9 Å². The summed E-state index contributed by atoms with van der Waals surface area (Å²) in [6.45, 7) is 0. The van der Waals surface area contributed by atoms with E-state index in [9.17, 15) is 14.2 Å². The minimum absolute atomic E-state index is 0.0188. The van der Waals surface area contributed by atoms with Crippen LogP contribution in [0.4, 0.5) is 0 Å². The van der Waals surface area contributed by atoms with E-state index in [-0.39, 0.29) is 24.5 Å². The molecule has 0 bridgehead atoms. The molecule has 6 heteroatoms. The van der Waals surface area contributed by atoms with Gasteiger partial charge in [-0.15, -0.1) is 0 Å². The Morgan fingerprint density at radius 3 is 2.64 bits per heavy atom. The zero-order valence-corrected chi connectivity index (χ0v) is 9.08. The normalized spacial score (nSPS) is 32.7. The van der Waals surface area contributed by atoms with Gasteiger partial charge in [0.2, 0.25) is 7.37 Å². The Hall–Kier alpha value is -0.670. The van der Waals surface area contributed by atoms with Gasteiger partial charge in [-0.2, -0.15) is 0 Å². The largest absolute Gasteiger partial charge is 0.468 e. The third kappa shape index (κ3) is 2.22. The second-order valence-corrected chi connectivity index (χ2v) is 6.00. The zero-order chi connectivity index (χ0) is 10.8. The van der Waals surface area contributed by atoms with Crippen molar-refractivity contribution < 1.29 is 23.4 Å². The molecule has 80 valence electrons. The first-order chi connectivity index (χ1) is 6.52. The van der Waals surface area contributed by atoms with Crippen LogP contribution < -0.4 is 0 Å². The highest BCUT2D eigenvalue weighted by Gasteiger charge is 2.40. The van der Waals surface area contributed by atoms with Gasteiger partial charge < -0.3 is 9.26 Å². The average Bonchev–Trinajstić information content (AvgIpc) is 2.21. The number of Topliss-reactive ketones (excluding diaryl/α,β-unsaturated/α-hetero) is 1. The fourth-order valence-corrected chi connectivity index (χ4v) is 3.42. The summed E-state index contributed by atoms with van der Waals surface area (Å²) in [6, 6.07) is 0. The van der Waals surface area contributed by atoms with E-state index in [0.717, 1.165) is 0 Å². The number of hydrogen-bond acceptors (Lipinski definition) is 5. The summed E-state index contributed by atoms with van der Waals surface area (Å²) in [7, 11) is -0.228. The molecular weight excluding hydrogens is 207 g/mol. The number of hydrogen-bond donors (Lipinski definition) is 0. The first-order valence-electron chi connectivity index (χ1n) is 4.27. The summed E-state index contributed by atoms with van der Waals surface area (Å²) in [6.07, 6.45) is 0.343. The highest BCUT2D eigenvalue weighted by molar-refractivity contribution is 7.59. The molecule has 0 unspecified atom stereocenters. The number of rotatable bonds is 2. The molecule has 0 aliphatic carbocycles. The van der Waals surface area contributed by atoms with Crippen LogP contribution in [0.5, 0.6) is 0 Å². The summed E-state index contributed by atoms with van der Waals surface area (Å²) in [5, 5.41) is 0. The highest BCUT2D eigenvalue weighted by atomic mass is 31.2. The zero-order valence-electron chi connectivity index (χ0n) is 8.19. The van der Waals surface area contributed by atoms with E-state index in [1.807, 2.05) is 0 Å². The van der Waals surface area contributed by atoms with E-state index in [2.05, 4.69) is 4.74 Å². The molecule has 1 aliphatic rings. The Bertz CT molecular complexity index is 290. The lowest BCUT2D eigenvalue weighted by Gasteiger charge is -2.25. The predicted molar refractivity (Wildman–Crippen MR) is 49.5 cm³/mol. The Morgan fingerprint density at radius 1 is 1.50 bits per heavy atom. The average molecular weight is 220 g/mol. The topological polar surface area (TPSA) is 69.7 Å². The lowest BCUT2D eigenvalue weighted by atomic mass is 10.0. The van der Waals surface area contributed by atoms with Crippen molar-refractivity contribution in [1.29, 1.82) is 0 Å². The molecule has 0 spiro atoms. The lowest BCUT2D eigenvalue weighted by Crippen LogP contribution is -2.33. The number of ether oxygens (including phenoxy) is 1. The maximum Gasteiger partial charge on any atom is 0.316 e. The number of methoxy groups -OCH3 is 1. The van der Waals surface area contributed by atoms with E-state index in [1.54, 1.807) is 0 Å². The first kappa shape index (κ1) is 11.4. The molecule has 0 saturated carbocycles. The van der Waals surface area contributed by atoms with Gasteiger partial charge in [0.1, 0.15) is 11.7 Å². The van der Waals surface area contributed by atoms with Crippen molar-refractivity contribution in [2.24, 2.45) is 5.92 Å². The maximum atomic E-state index is 11.8. The maximum absolute atomic E-state index is 11.8. The van der Waals surface area contributed by atoms with Gasteiger partial charge in [0.25, 0.3) is 0 Å². The second-order valence-electron chi connectivity index (χ2n) is 3.20. The number of carbonyl (C=O) groups excluding carboxylic acids is 2. The molecule has 0 aromatic heterocycles. The van der Waals surface area contributed by atoms with Crippen LogP contribution in [0.15, 0.2) is 0 Å². The summed E-state index contributed by atoms with van der Waals surface area (Å²) in [4.78, 5) is 22.5. The Kier molecular flexibility index (Phi) is 3.45. The molecular formula is C8H13O5P. The number of esters is 1. The van der Waals surface area contributed by atoms with Crippen molar-refractivity contribution >= 4 is 19.1 Å². The van der Waals surface area contributed by atoms with E-state index in [4.69, 9.17) is 4.52 Å². The molecule has 2 atom stereocenters. The molecule has 0 radical (unpaired) electrons. The second kappa shape index (κ2) is 4.24. The fourth-order valence-electron chi connectivity index (χ4n) is 1.44.